The first-order valence-corrected chi connectivity index (χ1v) is 9.47. The van der Waals surface area contributed by atoms with Crippen LogP contribution in [0.2, 0.25) is 0 Å². The van der Waals surface area contributed by atoms with E-state index in [2.05, 4.69) is 21.2 Å². The van der Waals surface area contributed by atoms with Crippen molar-refractivity contribution in [2.24, 2.45) is 0 Å². The third-order valence-electron chi connectivity index (χ3n) is 3.81. The van der Waals surface area contributed by atoms with Gasteiger partial charge in [-0.15, -0.1) is 0 Å². The van der Waals surface area contributed by atoms with Crippen molar-refractivity contribution >= 4 is 31.6 Å². The molecule has 4 nitrogen and oxygen atoms in total. The highest BCUT2D eigenvalue weighted by Gasteiger charge is 2.34. The van der Waals surface area contributed by atoms with Crippen molar-refractivity contribution in [3.63, 3.8) is 0 Å². The van der Waals surface area contributed by atoms with E-state index in [-0.39, 0.29) is 10.9 Å². The number of rotatable bonds is 4. The fourth-order valence-electron chi connectivity index (χ4n) is 2.65. The molecular weight excluding hydrogens is 383 g/mol. The van der Waals surface area contributed by atoms with Crippen LogP contribution in [0.15, 0.2) is 57.9 Å². The number of anilines is 1. The third kappa shape index (κ3) is 3.57. The molecule has 23 heavy (non-hydrogen) atoms. The van der Waals surface area contributed by atoms with E-state index in [9.17, 15) is 12.8 Å². The molecule has 1 atom stereocenters. The van der Waals surface area contributed by atoms with Gasteiger partial charge in [0.05, 0.1) is 0 Å². The molecule has 0 spiro atoms. The lowest BCUT2D eigenvalue weighted by molar-refractivity contribution is 0.467. The van der Waals surface area contributed by atoms with Crippen molar-refractivity contribution in [3.8, 4) is 0 Å². The Morgan fingerprint density at radius 1 is 1.17 bits per heavy atom. The fourth-order valence-corrected chi connectivity index (χ4v) is 4.75. The molecule has 7 heteroatoms. The lowest BCUT2D eigenvalue weighted by Gasteiger charge is -2.18. The summed E-state index contributed by atoms with van der Waals surface area (Å²) in [5.74, 6) is -0.729. The minimum absolute atomic E-state index is 0.0161. The average Bonchev–Trinajstić information content (AvgIpc) is 3.00. The molecule has 2 aromatic rings. The van der Waals surface area contributed by atoms with E-state index >= 15 is 0 Å². The molecule has 0 radical (unpaired) electrons. The summed E-state index contributed by atoms with van der Waals surface area (Å²) in [6.45, 7) is 0.696. The molecule has 2 aromatic carbocycles. The first-order chi connectivity index (χ1) is 11.0. The molecule has 0 aliphatic carbocycles. The largest absolute Gasteiger partial charge is 0.381 e. The maximum absolute atomic E-state index is 13.9. The lowest BCUT2D eigenvalue weighted by Crippen LogP contribution is -2.32. The number of nitrogens with one attached hydrogen (secondary N) is 1. The topological polar surface area (TPSA) is 49.4 Å². The quantitative estimate of drug-likeness (QED) is 0.857. The van der Waals surface area contributed by atoms with Crippen LogP contribution in [-0.4, -0.2) is 31.9 Å². The number of benzene rings is 2. The highest BCUT2D eigenvalue weighted by Crippen LogP contribution is 2.27. The number of halogens is 2. The maximum atomic E-state index is 13.9. The summed E-state index contributed by atoms with van der Waals surface area (Å²) in [7, 11) is -3.83. The molecule has 3 rings (SSSR count). The molecule has 1 aliphatic heterocycles. The van der Waals surface area contributed by atoms with Crippen molar-refractivity contribution in [1.82, 2.24) is 4.31 Å². The van der Waals surface area contributed by atoms with Crippen molar-refractivity contribution in [3.05, 3.63) is 58.8 Å². The highest BCUT2D eigenvalue weighted by atomic mass is 79.9. The molecule has 0 saturated carbocycles. The molecule has 1 saturated heterocycles. The van der Waals surface area contributed by atoms with E-state index < -0.39 is 15.8 Å². The summed E-state index contributed by atoms with van der Waals surface area (Å²) in [5, 5.41) is 3.31. The molecule has 0 aromatic heterocycles. The van der Waals surface area contributed by atoms with Gasteiger partial charge < -0.3 is 5.32 Å². The number of hydrogen-bond donors (Lipinski definition) is 1. The average molecular weight is 399 g/mol. The first kappa shape index (κ1) is 16.4. The van der Waals surface area contributed by atoms with Gasteiger partial charge in [0.1, 0.15) is 10.7 Å². The second kappa shape index (κ2) is 6.59. The van der Waals surface area contributed by atoms with Crippen LogP contribution < -0.4 is 5.32 Å². The molecule has 1 fully saturated rings. The minimum Gasteiger partial charge on any atom is -0.381 e. The summed E-state index contributed by atoms with van der Waals surface area (Å²) in [4.78, 5) is -0.285. The molecule has 1 aliphatic rings. The summed E-state index contributed by atoms with van der Waals surface area (Å²) >= 11 is 3.19. The smallest absolute Gasteiger partial charge is 0.246 e. The maximum Gasteiger partial charge on any atom is 0.246 e. The number of sulfonamides is 1. The molecule has 122 valence electrons. The zero-order valence-corrected chi connectivity index (χ0v) is 14.6. The van der Waals surface area contributed by atoms with Gasteiger partial charge in [-0.1, -0.05) is 34.1 Å². The Balaban J connectivity index is 1.76. The number of nitrogens with zero attached hydrogens (tertiary/aromatic N) is 1. The second-order valence-corrected chi connectivity index (χ2v) is 8.26. The Morgan fingerprint density at radius 2 is 1.91 bits per heavy atom. The van der Waals surface area contributed by atoms with Gasteiger partial charge in [0, 0.05) is 29.3 Å². The summed E-state index contributed by atoms with van der Waals surface area (Å²) in [5.41, 5.74) is 0.949. The molecular formula is C16H16BrFN2O2S. The fraction of sp³-hybridized carbons (Fsp3) is 0.250. The standard InChI is InChI=1S/C16H16BrFN2O2S/c17-12-6-7-15(18)16(10-12)23(21,22)20-9-8-14(11-20)19-13-4-2-1-3-5-13/h1-7,10,14,19H,8-9,11H2/t14-/m1/s1. The Kier molecular flexibility index (Phi) is 4.70. The minimum atomic E-state index is -3.83. The Bertz CT molecular complexity index is 799. The number of para-hydroxylation sites is 1. The second-order valence-electron chi connectivity index (χ2n) is 5.43. The van der Waals surface area contributed by atoms with Crippen LogP contribution in [0.3, 0.4) is 0 Å². The molecule has 1 heterocycles. The molecule has 0 bridgehead atoms. The van der Waals surface area contributed by atoms with E-state index in [1.165, 1.54) is 16.4 Å². The zero-order chi connectivity index (χ0) is 16.4. The lowest BCUT2D eigenvalue weighted by atomic mass is 10.2. The molecule has 0 unspecified atom stereocenters. The first-order valence-electron chi connectivity index (χ1n) is 7.23. The van der Waals surface area contributed by atoms with E-state index in [1.807, 2.05) is 30.3 Å². The van der Waals surface area contributed by atoms with Gasteiger partial charge in [0.15, 0.2) is 0 Å². The predicted molar refractivity (Wildman–Crippen MR) is 91.3 cm³/mol. The van der Waals surface area contributed by atoms with E-state index in [4.69, 9.17) is 0 Å². The third-order valence-corrected chi connectivity index (χ3v) is 6.18. The number of hydrogen-bond acceptors (Lipinski definition) is 3. The zero-order valence-electron chi connectivity index (χ0n) is 12.2. The van der Waals surface area contributed by atoms with Gasteiger partial charge in [-0.2, -0.15) is 4.31 Å². The van der Waals surface area contributed by atoms with Crippen LogP contribution in [0.25, 0.3) is 0 Å². The van der Waals surface area contributed by atoms with Gasteiger partial charge in [0.25, 0.3) is 0 Å². The summed E-state index contributed by atoms with van der Waals surface area (Å²) in [6.07, 6.45) is 0.684. The van der Waals surface area contributed by atoms with Crippen molar-refractivity contribution in [2.45, 2.75) is 17.4 Å². The van der Waals surface area contributed by atoms with Gasteiger partial charge in [-0.05, 0) is 36.8 Å². The van der Waals surface area contributed by atoms with Crippen LogP contribution in [0, 0.1) is 5.82 Å². The SMILES string of the molecule is O=S(=O)(c1cc(Br)ccc1F)N1CC[C@@H](Nc2ccccc2)C1. The van der Waals surface area contributed by atoms with Crippen molar-refractivity contribution < 1.29 is 12.8 Å². The van der Waals surface area contributed by atoms with Gasteiger partial charge in [0.2, 0.25) is 10.0 Å². The summed E-state index contributed by atoms with van der Waals surface area (Å²) in [6, 6.07) is 13.6. The Morgan fingerprint density at radius 3 is 2.65 bits per heavy atom. The van der Waals surface area contributed by atoms with Crippen molar-refractivity contribution in [2.75, 3.05) is 18.4 Å². The van der Waals surface area contributed by atoms with Gasteiger partial charge in [-0.3, -0.25) is 0 Å². The predicted octanol–water partition coefficient (Wildman–Crippen LogP) is 3.46. The monoisotopic (exact) mass is 398 g/mol. The van der Waals surface area contributed by atoms with Crippen LogP contribution in [0.4, 0.5) is 10.1 Å². The molecule has 1 N–H and O–H groups in total. The highest BCUT2D eigenvalue weighted by molar-refractivity contribution is 9.10. The van der Waals surface area contributed by atoms with Gasteiger partial charge in [-0.25, -0.2) is 12.8 Å². The van der Waals surface area contributed by atoms with Gasteiger partial charge >= 0.3 is 0 Å². The van der Waals surface area contributed by atoms with Crippen LogP contribution in [0.5, 0.6) is 0 Å². The Hall–Kier alpha value is -1.44. The normalized spacial score (nSPS) is 19.0. The summed E-state index contributed by atoms with van der Waals surface area (Å²) < 4.78 is 41.1. The van der Waals surface area contributed by atoms with E-state index in [0.717, 1.165) is 11.8 Å². The van der Waals surface area contributed by atoms with Crippen LogP contribution in [0.1, 0.15) is 6.42 Å². The Labute approximate surface area is 143 Å². The van der Waals surface area contributed by atoms with Crippen molar-refractivity contribution in [1.29, 1.82) is 0 Å². The van der Waals surface area contributed by atoms with Crippen LogP contribution in [-0.2, 0) is 10.0 Å². The van der Waals surface area contributed by atoms with E-state index in [1.54, 1.807) is 0 Å². The molecule has 0 amide bonds. The van der Waals surface area contributed by atoms with E-state index in [0.29, 0.717) is 24.0 Å². The van der Waals surface area contributed by atoms with Crippen LogP contribution >= 0.6 is 15.9 Å².